The van der Waals surface area contributed by atoms with Crippen molar-refractivity contribution in [3.63, 3.8) is 0 Å². The highest BCUT2D eigenvalue weighted by Crippen LogP contribution is 2.36. The van der Waals surface area contributed by atoms with Crippen molar-refractivity contribution in [3.8, 4) is 17.0 Å². The number of fused-ring (bicyclic) bond motifs is 1. The number of aromatic nitrogens is 3. The van der Waals surface area contributed by atoms with Crippen molar-refractivity contribution in [2.24, 2.45) is 5.11 Å². The molecule has 1 aliphatic rings. The van der Waals surface area contributed by atoms with Crippen molar-refractivity contribution in [1.82, 2.24) is 14.6 Å². The van der Waals surface area contributed by atoms with Crippen LogP contribution in [0, 0.1) is 5.53 Å². The van der Waals surface area contributed by atoms with Crippen LogP contribution in [0.3, 0.4) is 0 Å². The van der Waals surface area contributed by atoms with Gasteiger partial charge < -0.3 is 25.2 Å². The summed E-state index contributed by atoms with van der Waals surface area (Å²) in [6, 6.07) is 7.09. The maximum atomic E-state index is 12.7. The summed E-state index contributed by atoms with van der Waals surface area (Å²) in [5, 5.41) is 23.0. The fraction of sp³-hybridized carbons (Fsp3) is 0.478. The molecule has 2 heterocycles. The van der Waals surface area contributed by atoms with E-state index in [4.69, 9.17) is 20.1 Å². The van der Waals surface area contributed by atoms with Crippen molar-refractivity contribution in [1.29, 1.82) is 5.53 Å². The summed E-state index contributed by atoms with van der Waals surface area (Å²) in [7, 11) is 1.53. The zero-order valence-electron chi connectivity index (χ0n) is 19.4. The third-order valence-corrected chi connectivity index (χ3v) is 6.00. The van der Waals surface area contributed by atoms with E-state index in [1.807, 2.05) is 6.07 Å². The number of nitrogens with one attached hydrogen (secondary N) is 3. The Morgan fingerprint density at radius 3 is 2.74 bits per heavy atom. The molecule has 0 bridgehead atoms. The first kappa shape index (κ1) is 24.7. The summed E-state index contributed by atoms with van der Waals surface area (Å²) in [5.74, 6) is 0.817. The molecule has 12 heteroatoms. The molecule has 1 fully saturated rings. The molecule has 188 valence electrons. The predicted octanol–water partition coefficient (Wildman–Crippen LogP) is 4.48. The van der Waals surface area contributed by atoms with Crippen molar-refractivity contribution in [2.75, 3.05) is 37.5 Å². The van der Waals surface area contributed by atoms with E-state index in [9.17, 15) is 8.78 Å². The van der Waals surface area contributed by atoms with Gasteiger partial charge in [0.2, 0.25) is 11.8 Å². The van der Waals surface area contributed by atoms with E-state index >= 15 is 0 Å². The molecule has 0 radical (unpaired) electrons. The maximum Gasteiger partial charge on any atom is 0.255 e. The third kappa shape index (κ3) is 5.82. The maximum absolute atomic E-state index is 12.7. The van der Waals surface area contributed by atoms with Crippen LogP contribution >= 0.6 is 0 Å². The Bertz CT molecular complexity index is 1150. The number of rotatable bonds is 11. The smallest absolute Gasteiger partial charge is 0.255 e. The second-order valence-corrected chi connectivity index (χ2v) is 8.30. The number of alkyl halides is 2. The molecule has 0 unspecified atom stereocenters. The van der Waals surface area contributed by atoms with Crippen molar-refractivity contribution in [2.45, 2.75) is 44.3 Å². The fourth-order valence-corrected chi connectivity index (χ4v) is 4.33. The van der Waals surface area contributed by atoms with E-state index in [1.54, 1.807) is 28.9 Å². The summed E-state index contributed by atoms with van der Waals surface area (Å²) in [6.07, 6.45) is 3.02. The van der Waals surface area contributed by atoms with Gasteiger partial charge in [0, 0.05) is 17.8 Å². The van der Waals surface area contributed by atoms with Gasteiger partial charge in [-0.3, -0.25) is 0 Å². The quantitative estimate of drug-likeness (QED) is 0.292. The van der Waals surface area contributed by atoms with Gasteiger partial charge in [-0.15, -0.1) is 5.10 Å². The van der Waals surface area contributed by atoms with Gasteiger partial charge >= 0.3 is 0 Å². The fourth-order valence-electron chi connectivity index (χ4n) is 4.33. The monoisotopic (exact) mass is 489 g/mol. The number of anilines is 2. The number of halogens is 2. The first-order valence-corrected chi connectivity index (χ1v) is 11.5. The van der Waals surface area contributed by atoms with Gasteiger partial charge in [-0.25, -0.2) is 18.8 Å². The van der Waals surface area contributed by atoms with Crippen LogP contribution in [0.25, 0.3) is 16.6 Å². The van der Waals surface area contributed by atoms with Gasteiger partial charge in [0.25, 0.3) is 6.43 Å². The molecule has 1 saturated carbocycles. The van der Waals surface area contributed by atoms with E-state index in [0.29, 0.717) is 29.6 Å². The minimum Gasteiger partial charge on any atom is -0.479 e. The van der Waals surface area contributed by atoms with Crippen molar-refractivity contribution >= 4 is 22.8 Å². The summed E-state index contributed by atoms with van der Waals surface area (Å²) >= 11 is 0. The predicted molar refractivity (Wildman–Crippen MR) is 127 cm³/mol. The van der Waals surface area contributed by atoms with Gasteiger partial charge in [0.05, 0.1) is 38.7 Å². The molecule has 4 rings (SSSR count). The Morgan fingerprint density at radius 1 is 1.26 bits per heavy atom. The first-order valence-electron chi connectivity index (χ1n) is 11.5. The standard InChI is InChI=1S/C23H29F2N7O3/c1-34-22-21-17(14-2-7-18(30-26)19(12-14)27-13-20(24)25)8-9-32(21)31-23(29-22)28-15-3-5-16(6-4-15)35-11-10-33/h2,7-9,12,15-16,20,26-27,33H,3-6,10-11,13H2,1H3,(H,28,31). The van der Waals surface area contributed by atoms with Gasteiger partial charge in [-0.1, -0.05) is 6.07 Å². The van der Waals surface area contributed by atoms with Crippen LogP contribution in [0.1, 0.15) is 25.7 Å². The van der Waals surface area contributed by atoms with Crippen LogP contribution < -0.4 is 15.4 Å². The minimum absolute atomic E-state index is 0.0297. The largest absolute Gasteiger partial charge is 0.479 e. The average Bonchev–Trinajstić information content (AvgIpc) is 3.30. The Morgan fingerprint density at radius 2 is 2.06 bits per heavy atom. The number of hydrogen-bond donors (Lipinski definition) is 4. The molecule has 10 nitrogen and oxygen atoms in total. The van der Waals surface area contributed by atoms with Crippen LogP contribution in [0.2, 0.25) is 0 Å². The van der Waals surface area contributed by atoms with E-state index in [2.05, 4.69) is 25.8 Å². The zero-order chi connectivity index (χ0) is 24.8. The molecule has 0 spiro atoms. The third-order valence-electron chi connectivity index (χ3n) is 6.00. The number of aliphatic hydroxyl groups is 1. The SMILES string of the molecule is COc1nc(NC2CCC(OCCO)CC2)nn2ccc(-c3ccc(N=N)c(NCC(F)F)c3)c12. The van der Waals surface area contributed by atoms with Crippen molar-refractivity contribution < 1.29 is 23.4 Å². The topological polar surface area (TPSA) is 129 Å². The molecule has 2 aromatic heterocycles. The van der Waals surface area contributed by atoms with Gasteiger partial charge in [-0.2, -0.15) is 10.1 Å². The van der Waals surface area contributed by atoms with Gasteiger partial charge in [0.15, 0.2) is 0 Å². The molecular formula is C23H29F2N7O3. The lowest BCUT2D eigenvalue weighted by molar-refractivity contribution is 0.00718. The highest BCUT2D eigenvalue weighted by molar-refractivity contribution is 5.87. The van der Waals surface area contributed by atoms with Crippen LogP contribution in [0.4, 0.5) is 26.1 Å². The lowest BCUT2D eigenvalue weighted by Crippen LogP contribution is -2.31. The lowest BCUT2D eigenvalue weighted by Gasteiger charge is -2.29. The van der Waals surface area contributed by atoms with Gasteiger partial charge in [-0.05, 0) is 49.4 Å². The molecule has 35 heavy (non-hydrogen) atoms. The normalized spacial score (nSPS) is 18.1. The van der Waals surface area contributed by atoms with E-state index < -0.39 is 13.0 Å². The van der Waals surface area contributed by atoms with Crippen molar-refractivity contribution in [3.05, 3.63) is 30.5 Å². The summed E-state index contributed by atoms with van der Waals surface area (Å²) in [5.41, 5.74) is 10.0. The number of benzene rings is 1. The number of methoxy groups -OCH3 is 1. The Kier molecular flexibility index (Phi) is 8.03. The Hall–Kier alpha value is -3.38. The van der Waals surface area contributed by atoms with Crippen LogP contribution in [0.15, 0.2) is 35.6 Å². The summed E-state index contributed by atoms with van der Waals surface area (Å²) in [6.45, 7) is -0.151. The number of hydrogen-bond acceptors (Lipinski definition) is 9. The van der Waals surface area contributed by atoms with Gasteiger partial charge in [0.1, 0.15) is 11.2 Å². The van der Waals surface area contributed by atoms with Crippen LogP contribution in [-0.2, 0) is 4.74 Å². The van der Waals surface area contributed by atoms with E-state index in [-0.39, 0.29) is 24.4 Å². The molecule has 1 aliphatic carbocycles. The minimum atomic E-state index is -2.53. The number of nitrogens with zero attached hydrogens (tertiary/aromatic N) is 4. The molecule has 0 saturated heterocycles. The lowest BCUT2D eigenvalue weighted by atomic mass is 9.93. The molecule has 4 N–H and O–H groups in total. The summed E-state index contributed by atoms with van der Waals surface area (Å²) in [4.78, 5) is 4.56. The Labute approximate surface area is 201 Å². The first-order chi connectivity index (χ1) is 17.0. The zero-order valence-corrected chi connectivity index (χ0v) is 19.4. The molecule has 3 aromatic rings. The summed E-state index contributed by atoms with van der Waals surface area (Å²) < 4.78 is 38.3. The van der Waals surface area contributed by atoms with Crippen LogP contribution in [0.5, 0.6) is 5.88 Å². The van der Waals surface area contributed by atoms with Crippen LogP contribution in [-0.4, -0.2) is 65.1 Å². The molecule has 0 atom stereocenters. The van der Waals surface area contributed by atoms with E-state index in [1.165, 1.54) is 7.11 Å². The highest BCUT2D eigenvalue weighted by atomic mass is 19.3. The second-order valence-electron chi connectivity index (χ2n) is 8.30. The number of aliphatic hydroxyl groups excluding tert-OH is 1. The molecule has 0 amide bonds. The molecular weight excluding hydrogens is 460 g/mol. The van der Waals surface area contributed by atoms with E-state index in [0.717, 1.165) is 36.8 Å². The Balaban J connectivity index is 1.56. The number of ether oxygens (including phenoxy) is 2. The molecule has 0 aliphatic heterocycles. The molecule has 1 aromatic carbocycles. The second kappa shape index (κ2) is 11.4. The average molecular weight is 490 g/mol. The highest BCUT2D eigenvalue weighted by Gasteiger charge is 2.23.